The number of carboxylic acid groups (broad SMARTS) is 2. The lowest BCUT2D eigenvalue weighted by molar-refractivity contribution is -0.154. The van der Waals surface area contributed by atoms with Gasteiger partial charge in [0.2, 0.25) is 0 Å². The highest BCUT2D eigenvalue weighted by atomic mass is 32.2. The monoisotopic (exact) mass is 892 g/mol. The highest BCUT2D eigenvalue weighted by molar-refractivity contribution is 7.91. The fourth-order valence-corrected chi connectivity index (χ4v) is 10.2. The highest BCUT2D eigenvalue weighted by Crippen LogP contribution is 2.46. The standard InChI is InChI=1S/C48H60O14S/c1-29-23-31(15-14-22-59-47(54)48(3,4)5)61-40(38(29)26-60-42(49)27-57-6)25-41-39(28-63(55,56)32-16-9-8-10-17-32)43(58-7)44(62-41)34-20-13-21-36(46(52)53)37(34)24-30(2)33-18-11-12-19-35(33)45(50)51/h8-13,16-21,23,30-31,38-41,43-44H,14-15,22,24-28H2,1-7H3,(H,50,51)(H,52,53)/t30-,31-,38?,39-,40+,41-,43+,44+/m0/s1. The third kappa shape index (κ3) is 12.4. The molecule has 342 valence electrons. The van der Waals surface area contributed by atoms with Gasteiger partial charge >= 0.3 is 23.9 Å². The van der Waals surface area contributed by atoms with E-state index in [0.717, 1.165) is 5.57 Å². The Labute approximate surface area is 369 Å². The molecule has 2 heterocycles. The minimum absolute atomic E-state index is 0.00662. The number of rotatable bonds is 20. The lowest BCUT2D eigenvalue weighted by Gasteiger charge is -2.37. The Hall–Kier alpha value is -4.93. The van der Waals surface area contributed by atoms with E-state index in [-0.39, 0.29) is 60.4 Å². The van der Waals surface area contributed by atoms with E-state index in [1.54, 1.807) is 69.3 Å². The predicted octanol–water partition coefficient (Wildman–Crippen LogP) is 7.25. The van der Waals surface area contributed by atoms with Crippen LogP contribution in [-0.2, 0) is 54.3 Å². The molecule has 0 saturated carbocycles. The first-order valence-corrected chi connectivity index (χ1v) is 22.8. The van der Waals surface area contributed by atoms with E-state index in [1.807, 2.05) is 19.9 Å². The van der Waals surface area contributed by atoms with Crippen molar-refractivity contribution in [3.63, 3.8) is 0 Å². The van der Waals surface area contributed by atoms with Gasteiger partial charge in [0, 0.05) is 32.5 Å². The number of methoxy groups -OCH3 is 2. The molecule has 0 aromatic heterocycles. The van der Waals surface area contributed by atoms with E-state index >= 15 is 0 Å². The molecule has 63 heavy (non-hydrogen) atoms. The zero-order valence-electron chi connectivity index (χ0n) is 37.0. The van der Waals surface area contributed by atoms with Crippen LogP contribution in [0.3, 0.4) is 0 Å². The topological polar surface area (TPSA) is 198 Å². The second-order valence-corrected chi connectivity index (χ2v) is 19.4. The van der Waals surface area contributed by atoms with Gasteiger partial charge in [0.25, 0.3) is 0 Å². The van der Waals surface area contributed by atoms with Gasteiger partial charge in [-0.15, -0.1) is 0 Å². The smallest absolute Gasteiger partial charge is 0.335 e. The number of benzene rings is 3. The first kappa shape index (κ1) is 49.1. The van der Waals surface area contributed by atoms with Gasteiger partial charge in [0.05, 0.1) is 58.2 Å². The minimum atomic E-state index is -3.95. The Morgan fingerprint density at radius 1 is 0.841 bits per heavy atom. The molecule has 2 N–H and O–H groups in total. The average molecular weight is 893 g/mol. The predicted molar refractivity (Wildman–Crippen MR) is 232 cm³/mol. The molecule has 0 spiro atoms. The Kier molecular flexibility index (Phi) is 16.9. The molecule has 3 aromatic carbocycles. The Morgan fingerprint density at radius 2 is 1.51 bits per heavy atom. The quantitative estimate of drug-likeness (QED) is 0.0653. The zero-order valence-corrected chi connectivity index (χ0v) is 37.8. The van der Waals surface area contributed by atoms with Crippen molar-refractivity contribution in [3.05, 3.63) is 112 Å². The molecule has 0 amide bonds. The highest BCUT2D eigenvalue weighted by Gasteiger charge is 2.50. The summed E-state index contributed by atoms with van der Waals surface area (Å²) in [6, 6.07) is 19.4. The van der Waals surface area contributed by atoms with E-state index in [1.165, 1.54) is 38.5 Å². The van der Waals surface area contributed by atoms with E-state index in [2.05, 4.69) is 0 Å². The molecule has 14 nitrogen and oxygen atoms in total. The summed E-state index contributed by atoms with van der Waals surface area (Å²) in [7, 11) is -1.10. The molecule has 1 unspecified atom stereocenters. The first-order chi connectivity index (χ1) is 29.9. The molecule has 0 bridgehead atoms. The second kappa shape index (κ2) is 21.6. The summed E-state index contributed by atoms with van der Waals surface area (Å²) in [5.74, 6) is -5.30. The molecule has 5 rings (SSSR count). The van der Waals surface area contributed by atoms with E-state index < -0.39 is 81.4 Å². The number of ether oxygens (including phenoxy) is 6. The van der Waals surface area contributed by atoms with Crippen LogP contribution < -0.4 is 0 Å². The molecular weight excluding hydrogens is 833 g/mol. The lowest BCUT2D eigenvalue weighted by atomic mass is 9.82. The van der Waals surface area contributed by atoms with Crippen molar-refractivity contribution < 1.29 is 66.2 Å². The number of aromatic carboxylic acids is 2. The van der Waals surface area contributed by atoms with Crippen molar-refractivity contribution in [2.45, 2.75) is 102 Å². The third-order valence-electron chi connectivity index (χ3n) is 11.7. The molecule has 1 fully saturated rings. The summed E-state index contributed by atoms with van der Waals surface area (Å²) in [5, 5.41) is 20.5. The van der Waals surface area contributed by atoms with Crippen molar-refractivity contribution in [1.29, 1.82) is 0 Å². The lowest BCUT2D eigenvalue weighted by Crippen LogP contribution is -2.42. The van der Waals surface area contributed by atoms with Crippen LogP contribution in [0.4, 0.5) is 0 Å². The largest absolute Gasteiger partial charge is 0.478 e. The number of hydrogen-bond acceptors (Lipinski definition) is 12. The first-order valence-electron chi connectivity index (χ1n) is 21.1. The van der Waals surface area contributed by atoms with Gasteiger partial charge < -0.3 is 38.6 Å². The van der Waals surface area contributed by atoms with Crippen LogP contribution in [-0.4, -0.2) is 107 Å². The number of hydrogen-bond donors (Lipinski definition) is 2. The summed E-state index contributed by atoms with van der Waals surface area (Å²) >= 11 is 0. The van der Waals surface area contributed by atoms with Gasteiger partial charge in [-0.05, 0) is 93.8 Å². The van der Waals surface area contributed by atoms with Crippen LogP contribution >= 0.6 is 0 Å². The van der Waals surface area contributed by atoms with Crippen molar-refractivity contribution in [1.82, 2.24) is 0 Å². The molecule has 2 aliphatic heterocycles. The van der Waals surface area contributed by atoms with Gasteiger partial charge in [0.15, 0.2) is 9.84 Å². The van der Waals surface area contributed by atoms with Crippen LogP contribution in [0.15, 0.2) is 89.3 Å². The molecule has 15 heteroatoms. The van der Waals surface area contributed by atoms with Crippen LogP contribution in [0.25, 0.3) is 0 Å². The summed E-state index contributed by atoms with van der Waals surface area (Å²) in [5.41, 5.74) is 1.71. The van der Waals surface area contributed by atoms with Crippen LogP contribution in [0.1, 0.15) is 103 Å². The Balaban J connectivity index is 1.54. The fraction of sp³-hybridized carbons (Fsp3) is 0.500. The Bertz CT molecular complexity index is 2210. The summed E-state index contributed by atoms with van der Waals surface area (Å²) in [6.07, 6.45) is -0.579. The molecule has 1 saturated heterocycles. The van der Waals surface area contributed by atoms with E-state index in [9.17, 15) is 37.8 Å². The number of esters is 2. The molecule has 0 aliphatic carbocycles. The zero-order chi connectivity index (χ0) is 46.1. The second-order valence-electron chi connectivity index (χ2n) is 17.3. The summed E-state index contributed by atoms with van der Waals surface area (Å²) in [6.45, 7) is 8.97. The van der Waals surface area contributed by atoms with Crippen molar-refractivity contribution in [2.75, 3.05) is 39.8 Å². The summed E-state index contributed by atoms with van der Waals surface area (Å²) < 4.78 is 64.4. The summed E-state index contributed by atoms with van der Waals surface area (Å²) in [4.78, 5) is 50.1. The molecular formula is C48H60O14S. The maximum atomic E-state index is 14.2. The Morgan fingerprint density at radius 3 is 2.16 bits per heavy atom. The minimum Gasteiger partial charge on any atom is -0.478 e. The van der Waals surface area contributed by atoms with Crippen LogP contribution in [0.2, 0.25) is 0 Å². The van der Waals surface area contributed by atoms with Gasteiger partial charge in [0.1, 0.15) is 19.3 Å². The molecule has 0 radical (unpaired) electrons. The molecule has 3 aromatic rings. The van der Waals surface area contributed by atoms with E-state index in [4.69, 9.17) is 28.4 Å². The van der Waals surface area contributed by atoms with Gasteiger partial charge in [-0.1, -0.05) is 67.1 Å². The number of carbonyl (C=O) groups excluding carboxylic acids is 2. The number of carboxylic acids is 2. The van der Waals surface area contributed by atoms with E-state index in [0.29, 0.717) is 29.5 Å². The van der Waals surface area contributed by atoms with Crippen LogP contribution in [0.5, 0.6) is 0 Å². The average Bonchev–Trinajstić information content (AvgIpc) is 3.57. The maximum Gasteiger partial charge on any atom is 0.335 e. The molecule has 2 aliphatic rings. The van der Waals surface area contributed by atoms with Crippen molar-refractivity contribution in [2.24, 2.45) is 17.3 Å². The van der Waals surface area contributed by atoms with Crippen molar-refractivity contribution in [3.8, 4) is 0 Å². The normalized spacial score (nSPS) is 23.1. The van der Waals surface area contributed by atoms with Gasteiger partial charge in [-0.3, -0.25) is 4.79 Å². The van der Waals surface area contributed by atoms with Gasteiger partial charge in [-0.2, -0.15) is 0 Å². The maximum absolute atomic E-state index is 14.2. The third-order valence-corrected chi connectivity index (χ3v) is 13.6. The van der Waals surface area contributed by atoms with Gasteiger partial charge in [-0.25, -0.2) is 22.8 Å². The SMILES string of the molecule is COCC(=O)OCC1C(C)=C[C@H](CCCOC(=O)C(C)(C)C)O[C@@H]1C[C@@H]1O[C@H](c2cccc(C(=O)O)c2C[C@H](C)c2ccccc2C(=O)O)[C@H](OC)[C@H]1CS(=O)(=O)c1ccccc1. The number of carbonyl (C=O) groups is 4. The number of sulfone groups is 1. The molecule has 8 atom stereocenters. The fourth-order valence-electron chi connectivity index (χ4n) is 8.51. The van der Waals surface area contributed by atoms with Crippen LogP contribution in [0, 0.1) is 17.3 Å². The van der Waals surface area contributed by atoms with Crippen molar-refractivity contribution >= 4 is 33.7 Å².